The van der Waals surface area contributed by atoms with Crippen molar-refractivity contribution in [1.29, 1.82) is 0 Å². The van der Waals surface area contributed by atoms with Gasteiger partial charge in [-0.25, -0.2) is 0 Å². The number of nitrogens with one attached hydrogen (secondary N) is 1. The summed E-state index contributed by atoms with van der Waals surface area (Å²) in [7, 11) is 2.01. The highest BCUT2D eigenvalue weighted by Crippen LogP contribution is 2.38. The molecule has 3 aromatic carbocycles. The molecule has 5 nitrogen and oxygen atoms in total. The zero-order valence-electron chi connectivity index (χ0n) is 19.3. The van der Waals surface area contributed by atoms with Crippen LogP contribution in [0, 0.1) is 0 Å². The minimum atomic E-state index is -0.511. The Morgan fingerprint density at radius 2 is 1.12 bits per heavy atom. The molecule has 2 fully saturated rings. The maximum absolute atomic E-state index is 5.87. The van der Waals surface area contributed by atoms with Gasteiger partial charge in [0, 0.05) is 0 Å². The van der Waals surface area contributed by atoms with E-state index in [1.165, 1.54) is 11.1 Å². The highest BCUT2D eigenvalue weighted by atomic mass is 16.6. The molecule has 0 radical (unpaired) electrons. The monoisotopic (exact) mass is 445 g/mol. The van der Waals surface area contributed by atoms with E-state index in [1.54, 1.807) is 0 Å². The summed E-state index contributed by atoms with van der Waals surface area (Å²) >= 11 is 0. The van der Waals surface area contributed by atoms with Gasteiger partial charge in [0.05, 0.1) is 18.8 Å². The summed E-state index contributed by atoms with van der Waals surface area (Å²) in [5.74, 6) is 1.71. The van der Waals surface area contributed by atoms with Gasteiger partial charge < -0.3 is 24.3 Å². The van der Waals surface area contributed by atoms with Crippen LogP contribution in [0.15, 0.2) is 72.8 Å². The SMILES string of the molecule is CCc1ccc(C(NC)(c2ccc(OCC3CO3)cc2)c2ccc(OCC3CO3)cc2)cc1. The van der Waals surface area contributed by atoms with Crippen LogP contribution >= 0.6 is 0 Å². The maximum atomic E-state index is 5.87. The topological polar surface area (TPSA) is 55.5 Å². The molecule has 0 aliphatic carbocycles. The van der Waals surface area contributed by atoms with Gasteiger partial charge >= 0.3 is 0 Å². The minimum Gasteiger partial charge on any atom is -0.491 e. The maximum Gasteiger partial charge on any atom is 0.119 e. The fraction of sp³-hybridized carbons (Fsp3) is 0.357. The van der Waals surface area contributed by atoms with Gasteiger partial charge in [0.25, 0.3) is 0 Å². The first-order valence-corrected chi connectivity index (χ1v) is 11.7. The van der Waals surface area contributed by atoms with E-state index in [9.17, 15) is 0 Å². The van der Waals surface area contributed by atoms with Crippen molar-refractivity contribution in [2.75, 3.05) is 33.5 Å². The molecule has 2 heterocycles. The number of hydrogen-bond donors (Lipinski definition) is 1. The van der Waals surface area contributed by atoms with Crippen LogP contribution in [0.5, 0.6) is 11.5 Å². The molecule has 0 aromatic heterocycles. The summed E-state index contributed by atoms with van der Waals surface area (Å²) in [5.41, 5.74) is 4.28. The van der Waals surface area contributed by atoms with Crippen molar-refractivity contribution in [3.8, 4) is 11.5 Å². The van der Waals surface area contributed by atoms with Gasteiger partial charge in [-0.1, -0.05) is 55.5 Å². The van der Waals surface area contributed by atoms with Crippen molar-refractivity contribution in [2.45, 2.75) is 31.1 Å². The van der Waals surface area contributed by atoms with Gasteiger partial charge in [-0.15, -0.1) is 0 Å². The lowest BCUT2D eigenvalue weighted by atomic mass is 9.77. The lowest BCUT2D eigenvalue weighted by molar-refractivity contribution is 0.263. The number of ether oxygens (including phenoxy) is 4. The summed E-state index contributed by atoms with van der Waals surface area (Å²) < 4.78 is 22.2. The molecule has 0 bridgehead atoms. The number of aryl methyl sites for hydroxylation is 1. The van der Waals surface area contributed by atoms with Crippen LogP contribution in [0.1, 0.15) is 29.2 Å². The Morgan fingerprint density at radius 1 is 0.727 bits per heavy atom. The summed E-state index contributed by atoms with van der Waals surface area (Å²) in [6, 6.07) is 25.6. The molecule has 1 N–H and O–H groups in total. The first kappa shape index (κ1) is 22.0. The van der Waals surface area contributed by atoms with E-state index >= 15 is 0 Å². The Kier molecular flexibility index (Phi) is 6.36. The van der Waals surface area contributed by atoms with E-state index in [-0.39, 0.29) is 12.2 Å². The second kappa shape index (κ2) is 9.56. The lowest BCUT2D eigenvalue weighted by Gasteiger charge is -2.36. The molecule has 2 aliphatic rings. The van der Waals surface area contributed by atoms with Crippen LogP contribution in [0.2, 0.25) is 0 Å². The summed E-state index contributed by atoms with van der Waals surface area (Å²) in [6.45, 7) is 4.96. The highest BCUT2D eigenvalue weighted by Gasteiger charge is 2.35. The molecule has 0 saturated carbocycles. The standard InChI is InChI=1S/C28H31NO4/c1-3-20-4-6-21(7-5-20)28(29-2,22-8-12-24(13-9-22)30-16-26-18-32-26)23-10-14-25(15-11-23)31-17-27-19-33-27/h4-15,26-27,29H,3,16-19H2,1-2H3. The second-order valence-corrected chi connectivity index (χ2v) is 8.63. The zero-order valence-corrected chi connectivity index (χ0v) is 19.3. The van der Waals surface area contributed by atoms with E-state index in [1.807, 2.05) is 31.3 Å². The molecule has 5 rings (SSSR count). The number of epoxide rings is 2. The molecular weight excluding hydrogens is 414 g/mol. The molecule has 3 aromatic rings. The number of hydrogen-bond acceptors (Lipinski definition) is 5. The molecule has 0 amide bonds. The number of rotatable bonds is 11. The quantitative estimate of drug-likeness (QED) is 0.352. The van der Waals surface area contributed by atoms with Gasteiger partial charge in [0.1, 0.15) is 36.9 Å². The number of benzene rings is 3. The third-order valence-corrected chi connectivity index (χ3v) is 6.42. The molecule has 2 atom stereocenters. The van der Waals surface area contributed by atoms with E-state index in [2.05, 4.69) is 60.8 Å². The Morgan fingerprint density at radius 3 is 1.45 bits per heavy atom. The molecule has 5 heteroatoms. The zero-order chi connectivity index (χ0) is 22.7. The van der Waals surface area contributed by atoms with Crippen LogP contribution in [0.4, 0.5) is 0 Å². The van der Waals surface area contributed by atoms with Crippen molar-refractivity contribution < 1.29 is 18.9 Å². The normalized spacial score (nSPS) is 20.7. The van der Waals surface area contributed by atoms with Crippen LogP contribution in [0.3, 0.4) is 0 Å². The molecular formula is C28H31NO4. The first-order chi connectivity index (χ1) is 16.2. The van der Waals surface area contributed by atoms with Crippen molar-refractivity contribution in [3.63, 3.8) is 0 Å². The van der Waals surface area contributed by atoms with Crippen molar-refractivity contribution in [3.05, 3.63) is 95.1 Å². The minimum absolute atomic E-state index is 0.241. The van der Waals surface area contributed by atoms with Gasteiger partial charge in [0.2, 0.25) is 0 Å². The van der Waals surface area contributed by atoms with Crippen LogP contribution in [0.25, 0.3) is 0 Å². The summed E-state index contributed by atoms with van der Waals surface area (Å²) in [4.78, 5) is 0. The summed E-state index contributed by atoms with van der Waals surface area (Å²) in [5, 5.41) is 3.64. The Hall–Kier alpha value is -2.86. The Bertz CT molecular complexity index is 979. The van der Waals surface area contributed by atoms with Gasteiger partial charge in [-0.2, -0.15) is 0 Å². The molecule has 172 valence electrons. The fourth-order valence-electron chi connectivity index (χ4n) is 4.23. The van der Waals surface area contributed by atoms with Crippen LogP contribution in [-0.4, -0.2) is 45.7 Å². The fourth-order valence-corrected chi connectivity index (χ4v) is 4.23. The van der Waals surface area contributed by atoms with Gasteiger partial charge in [-0.05, 0) is 60.0 Å². The highest BCUT2D eigenvalue weighted by molar-refractivity contribution is 5.51. The van der Waals surface area contributed by atoms with Gasteiger partial charge in [0.15, 0.2) is 0 Å². The van der Waals surface area contributed by atoms with Crippen molar-refractivity contribution >= 4 is 0 Å². The third kappa shape index (κ3) is 4.91. The Balaban J connectivity index is 1.48. The molecule has 2 unspecified atom stereocenters. The van der Waals surface area contributed by atoms with E-state index in [0.29, 0.717) is 13.2 Å². The Labute approximate surface area is 195 Å². The largest absolute Gasteiger partial charge is 0.491 e. The summed E-state index contributed by atoms with van der Waals surface area (Å²) in [6.07, 6.45) is 1.50. The van der Waals surface area contributed by atoms with Crippen molar-refractivity contribution in [1.82, 2.24) is 5.32 Å². The average molecular weight is 446 g/mol. The van der Waals surface area contributed by atoms with E-state index < -0.39 is 5.54 Å². The average Bonchev–Trinajstić information content (AvgIpc) is 3.79. The second-order valence-electron chi connectivity index (χ2n) is 8.63. The van der Waals surface area contributed by atoms with Crippen LogP contribution < -0.4 is 14.8 Å². The predicted octanol–water partition coefficient (Wildman–Crippen LogP) is 4.32. The third-order valence-electron chi connectivity index (χ3n) is 6.42. The smallest absolute Gasteiger partial charge is 0.119 e. The van der Waals surface area contributed by atoms with Gasteiger partial charge in [-0.3, -0.25) is 0 Å². The van der Waals surface area contributed by atoms with E-state index in [4.69, 9.17) is 18.9 Å². The predicted molar refractivity (Wildman–Crippen MR) is 128 cm³/mol. The first-order valence-electron chi connectivity index (χ1n) is 11.7. The molecule has 33 heavy (non-hydrogen) atoms. The molecule has 2 saturated heterocycles. The van der Waals surface area contributed by atoms with E-state index in [0.717, 1.165) is 42.3 Å². The molecule has 0 spiro atoms. The van der Waals surface area contributed by atoms with Crippen LogP contribution in [-0.2, 0) is 21.4 Å². The lowest BCUT2D eigenvalue weighted by Crippen LogP contribution is -2.42. The molecule has 2 aliphatic heterocycles. The van der Waals surface area contributed by atoms with Crippen molar-refractivity contribution in [2.24, 2.45) is 0 Å².